The van der Waals surface area contributed by atoms with Crippen molar-refractivity contribution in [2.45, 2.75) is 33.2 Å². The van der Waals surface area contributed by atoms with Crippen LogP contribution in [0.2, 0.25) is 0 Å². The van der Waals surface area contributed by atoms with Crippen LogP contribution < -0.4 is 5.32 Å². The van der Waals surface area contributed by atoms with E-state index in [1.165, 1.54) is 16.7 Å². The van der Waals surface area contributed by atoms with Crippen LogP contribution in [0, 0.1) is 13.8 Å². The van der Waals surface area contributed by atoms with Gasteiger partial charge >= 0.3 is 0 Å². The zero-order chi connectivity index (χ0) is 13.7. The lowest BCUT2D eigenvalue weighted by atomic mass is 10.0. The van der Waals surface area contributed by atoms with Gasteiger partial charge in [0.15, 0.2) is 0 Å². The molecule has 0 amide bonds. The average molecular weight is 254 g/mol. The van der Waals surface area contributed by atoms with Gasteiger partial charge in [-0.1, -0.05) is 36.8 Å². The molecule has 0 bridgehead atoms. The van der Waals surface area contributed by atoms with Crippen molar-refractivity contribution in [3.05, 3.63) is 65.0 Å². The van der Waals surface area contributed by atoms with Gasteiger partial charge in [0, 0.05) is 6.20 Å². The monoisotopic (exact) mass is 254 g/mol. The van der Waals surface area contributed by atoms with Crippen molar-refractivity contribution < 1.29 is 0 Å². The second-order valence-electron chi connectivity index (χ2n) is 5.06. The van der Waals surface area contributed by atoms with Gasteiger partial charge in [0.25, 0.3) is 0 Å². The molecule has 2 aromatic rings. The largest absolute Gasteiger partial charge is 0.305 e. The number of aryl methyl sites for hydroxylation is 2. The smallest absolute Gasteiger partial charge is 0.0751 e. The zero-order valence-electron chi connectivity index (χ0n) is 12.0. The topological polar surface area (TPSA) is 24.9 Å². The Morgan fingerprint density at radius 3 is 2.42 bits per heavy atom. The van der Waals surface area contributed by atoms with Gasteiger partial charge in [-0.05, 0) is 50.1 Å². The van der Waals surface area contributed by atoms with Gasteiger partial charge < -0.3 is 5.32 Å². The van der Waals surface area contributed by atoms with Crippen LogP contribution in [0.15, 0.2) is 42.6 Å². The Labute approximate surface area is 115 Å². The molecule has 0 saturated carbocycles. The van der Waals surface area contributed by atoms with E-state index in [1.807, 2.05) is 12.3 Å². The summed E-state index contributed by atoms with van der Waals surface area (Å²) in [6.45, 7) is 7.40. The second kappa shape index (κ2) is 6.48. The third-order valence-corrected chi connectivity index (χ3v) is 3.24. The fraction of sp³-hybridized carbons (Fsp3) is 0.353. The zero-order valence-corrected chi connectivity index (χ0v) is 12.0. The summed E-state index contributed by atoms with van der Waals surface area (Å²) >= 11 is 0. The van der Waals surface area contributed by atoms with Crippen molar-refractivity contribution >= 4 is 0 Å². The van der Waals surface area contributed by atoms with E-state index in [2.05, 4.69) is 61.4 Å². The Bertz CT molecular complexity index is 517. The van der Waals surface area contributed by atoms with Crippen molar-refractivity contribution in [2.75, 3.05) is 6.54 Å². The summed E-state index contributed by atoms with van der Waals surface area (Å²) in [6, 6.07) is 13.1. The predicted molar refractivity (Wildman–Crippen MR) is 80.3 cm³/mol. The van der Waals surface area contributed by atoms with Crippen molar-refractivity contribution in [1.29, 1.82) is 0 Å². The Hall–Kier alpha value is -1.67. The molecule has 0 aliphatic carbocycles. The average Bonchev–Trinajstić information content (AvgIpc) is 2.41. The van der Waals surface area contributed by atoms with Crippen LogP contribution in [0.4, 0.5) is 0 Å². The van der Waals surface area contributed by atoms with Crippen LogP contribution >= 0.6 is 0 Å². The van der Waals surface area contributed by atoms with Crippen LogP contribution in [0.1, 0.15) is 41.8 Å². The molecule has 1 unspecified atom stereocenters. The Balaban J connectivity index is 2.32. The molecule has 2 heteroatoms. The third kappa shape index (κ3) is 3.65. The minimum absolute atomic E-state index is 0.181. The van der Waals surface area contributed by atoms with Crippen LogP contribution in [0.25, 0.3) is 0 Å². The number of aromatic nitrogens is 1. The third-order valence-electron chi connectivity index (χ3n) is 3.24. The van der Waals surface area contributed by atoms with E-state index in [0.29, 0.717) is 0 Å². The first kappa shape index (κ1) is 13.8. The molecular weight excluding hydrogens is 232 g/mol. The molecule has 0 saturated heterocycles. The fourth-order valence-corrected chi connectivity index (χ4v) is 2.16. The quantitative estimate of drug-likeness (QED) is 0.878. The second-order valence-corrected chi connectivity index (χ2v) is 5.06. The van der Waals surface area contributed by atoms with Crippen LogP contribution in [-0.2, 0) is 0 Å². The summed E-state index contributed by atoms with van der Waals surface area (Å²) in [4.78, 5) is 4.53. The Morgan fingerprint density at radius 1 is 1.05 bits per heavy atom. The Morgan fingerprint density at radius 2 is 1.79 bits per heavy atom. The maximum Gasteiger partial charge on any atom is 0.0751 e. The highest BCUT2D eigenvalue weighted by atomic mass is 14.9. The summed E-state index contributed by atoms with van der Waals surface area (Å²) in [5.41, 5.74) is 4.91. The lowest BCUT2D eigenvalue weighted by molar-refractivity contribution is 0.586. The lowest BCUT2D eigenvalue weighted by Crippen LogP contribution is -2.24. The highest BCUT2D eigenvalue weighted by Gasteiger charge is 2.14. The van der Waals surface area contributed by atoms with Gasteiger partial charge in [0.1, 0.15) is 0 Å². The number of hydrogen-bond donors (Lipinski definition) is 1. The molecule has 0 spiro atoms. The molecule has 1 heterocycles. The van der Waals surface area contributed by atoms with Gasteiger partial charge in [0.2, 0.25) is 0 Å². The summed E-state index contributed by atoms with van der Waals surface area (Å²) < 4.78 is 0. The van der Waals surface area contributed by atoms with E-state index < -0.39 is 0 Å². The standard InChI is InChI=1S/C17H22N2/c1-4-10-19-17(15-7-5-13(2)6-8-15)16-12-14(3)9-11-18-16/h5-9,11-12,17,19H,4,10H2,1-3H3. The molecule has 2 nitrogen and oxygen atoms in total. The predicted octanol–water partition coefficient (Wildman–Crippen LogP) is 3.79. The number of nitrogens with zero attached hydrogens (tertiary/aromatic N) is 1. The molecule has 1 aromatic carbocycles. The molecule has 0 radical (unpaired) electrons. The maximum atomic E-state index is 4.53. The number of hydrogen-bond acceptors (Lipinski definition) is 2. The van der Waals surface area contributed by atoms with E-state index >= 15 is 0 Å². The number of nitrogens with one attached hydrogen (secondary N) is 1. The van der Waals surface area contributed by atoms with Gasteiger partial charge in [-0.15, -0.1) is 0 Å². The summed E-state index contributed by atoms with van der Waals surface area (Å²) in [7, 11) is 0. The minimum Gasteiger partial charge on any atom is -0.305 e. The van der Waals surface area contributed by atoms with Gasteiger partial charge in [-0.25, -0.2) is 0 Å². The highest BCUT2D eigenvalue weighted by Crippen LogP contribution is 2.21. The Kier molecular flexibility index (Phi) is 4.69. The van der Waals surface area contributed by atoms with E-state index in [9.17, 15) is 0 Å². The maximum absolute atomic E-state index is 4.53. The molecule has 0 fully saturated rings. The molecule has 0 aliphatic heterocycles. The molecule has 100 valence electrons. The normalized spacial score (nSPS) is 12.4. The van der Waals surface area contributed by atoms with Gasteiger partial charge in [-0.2, -0.15) is 0 Å². The fourth-order valence-electron chi connectivity index (χ4n) is 2.16. The first-order valence-electron chi connectivity index (χ1n) is 6.93. The highest BCUT2D eigenvalue weighted by molar-refractivity contribution is 5.31. The van der Waals surface area contributed by atoms with Crippen LogP contribution in [0.5, 0.6) is 0 Å². The van der Waals surface area contributed by atoms with Crippen molar-refractivity contribution in [1.82, 2.24) is 10.3 Å². The van der Waals surface area contributed by atoms with Crippen molar-refractivity contribution in [3.63, 3.8) is 0 Å². The molecule has 0 aliphatic rings. The summed E-state index contributed by atoms with van der Waals surface area (Å²) in [5, 5.41) is 3.59. The molecule has 1 N–H and O–H groups in total. The molecule has 2 rings (SSSR count). The van der Waals surface area contributed by atoms with Gasteiger partial charge in [-0.3, -0.25) is 4.98 Å². The van der Waals surface area contributed by atoms with Crippen LogP contribution in [-0.4, -0.2) is 11.5 Å². The van der Waals surface area contributed by atoms with E-state index in [1.54, 1.807) is 0 Å². The molecule has 19 heavy (non-hydrogen) atoms. The summed E-state index contributed by atoms with van der Waals surface area (Å²) in [6.07, 6.45) is 3.01. The van der Waals surface area contributed by atoms with E-state index in [4.69, 9.17) is 0 Å². The lowest BCUT2D eigenvalue weighted by Gasteiger charge is -2.19. The molecular formula is C17H22N2. The SMILES string of the molecule is CCCNC(c1ccc(C)cc1)c1cc(C)ccn1. The first-order chi connectivity index (χ1) is 9.20. The van der Waals surface area contributed by atoms with E-state index in [0.717, 1.165) is 18.7 Å². The van der Waals surface area contributed by atoms with Gasteiger partial charge in [0.05, 0.1) is 11.7 Å². The molecule has 1 aromatic heterocycles. The van der Waals surface area contributed by atoms with Crippen molar-refractivity contribution in [3.8, 4) is 0 Å². The number of pyridine rings is 1. The first-order valence-corrected chi connectivity index (χ1v) is 6.93. The van der Waals surface area contributed by atoms with E-state index in [-0.39, 0.29) is 6.04 Å². The van der Waals surface area contributed by atoms with Crippen molar-refractivity contribution in [2.24, 2.45) is 0 Å². The van der Waals surface area contributed by atoms with Crippen LogP contribution in [0.3, 0.4) is 0 Å². The number of rotatable bonds is 5. The minimum atomic E-state index is 0.181. The molecule has 1 atom stereocenters. The summed E-state index contributed by atoms with van der Waals surface area (Å²) in [5.74, 6) is 0. The number of benzene rings is 1.